The molecule has 0 fully saturated rings. The van der Waals surface area contributed by atoms with Gasteiger partial charge in [-0.05, 0) is 18.6 Å². The lowest BCUT2D eigenvalue weighted by atomic mass is 10.1. The Morgan fingerprint density at radius 2 is 2.00 bits per heavy atom. The van der Waals surface area contributed by atoms with Gasteiger partial charge in [-0.25, -0.2) is 4.98 Å². The molecule has 7 heteroatoms. The highest BCUT2D eigenvalue weighted by molar-refractivity contribution is 5.76. The fraction of sp³-hybridized carbons (Fsp3) is 0.200. The van der Waals surface area contributed by atoms with Crippen LogP contribution in [0.5, 0.6) is 0 Å². The molecule has 0 radical (unpaired) electrons. The maximum atomic E-state index is 7.84. The maximum absolute atomic E-state index is 7.84. The second-order valence-corrected chi connectivity index (χ2v) is 4.89. The molecule has 0 spiro atoms. The molecule has 5 N–H and O–H groups in total. The quantitative estimate of drug-likeness (QED) is 0.437. The van der Waals surface area contributed by atoms with Gasteiger partial charge in [-0.2, -0.15) is 5.10 Å². The van der Waals surface area contributed by atoms with Crippen LogP contribution in [0.3, 0.4) is 0 Å². The molecule has 0 saturated carbocycles. The summed E-state index contributed by atoms with van der Waals surface area (Å²) >= 11 is 0. The highest BCUT2D eigenvalue weighted by atomic mass is 15.3. The number of hydrogen-bond donors (Lipinski definition) is 3. The van der Waals surface area contributed by atoms with Crippen LogP contribution in [0.4, 0.5) is 0 Å². The van der Waals surface area contributed by atoms with E-state index >= 15 is 0 Å². The number of rotatable bonds is 4. The Labute approximate surface area is 128 Å². The summed E-state index contributed by atoms with van der Waals surface area (Å²) in [6, 6.07) is 9.90. The van der Waals surface area contributed by atoms with E-state index in [0.717, 1.165) is 22.5 Å². The van der Waals surface area contributed by atoms with Crippen molar-refractivity contribution in [3.05, 3.63) is 47.2 Å². The first kappa shape index (κ1) is 15.4. The fourth-order valence-corrected chi connectivity index (χ4v) is 1.90. The minimum absolute atomic E-state index is 0.0588. The van der Waals surface area contributed by atoms with Gasteiger partial charge in [-0.1, -0.05) is 24.3 Å². The second-order valence-electron chi connectivity index (χ2n) is 4.89. The molecule has 0 unspecified atom stereocenters. The summed E-state index contributed by atoms with van der Waals surface area (Å²) in [6.07, 6.45) is 2.28. The van der Waals surface area contributed by atoms with Gasteiger partial charge in [0.2, 0.25) is 11.6 Å². The second kappa shape index (κ2) is 6.66. The molecular formula is C15H19N7. The van der Waals surface area contributed by atoms with E-state index in [2.05, 4.69) is 15.2 Å². The number of aryl methyl sites for hydroxylation is 1. The van der Waals surface area contributed by atoms with Crippen LogP contribution >= 0.6 is 0 Å². The van der Waals surface area contributed by atoms with Gasteiger partial charge in [0, 0.05) is 30.9 Å². The Kier molecular flexibility index (Phi) is 4.67. The minimum Gasteiger partial charge on any atom is -0.369 e. The first-order chi connectivity index (χ1) is 10.5. The zero-order valence-corrected chi connectivity index (χ0v) is 12.6. The number of hydrogen-bond acceptors (Lipinski definition) is 4. The lowest BCUT2D eigenvalue weighted by molar-refractivity contribution is 0.736. The van der Waals surface area contributed by atoms with Gasteiger partial charge in [0.15, 0.2) is 0 Å². The predicted molar refractivity (Wildman–Crippen MR) is 87.2 cm³/mol. The van der Waals surface area contributed by atoms with Crippen molar-refractivity contribution in [1.82, 2.24) is 9.55 Å². The van der Waals surface area contributed by atoms with Gasteiger partial charge in [-0.3, -0.25) is 5.41 Å². The average molecular weight is 297 g/mol. The summed E-state index contributed by atoms with van der Waals surface area (Å²) < 4.78 is 1.73. The highest BCUT2D eigenvalue weighted by Gasteiger charge is 2.03. The normalized spacial score (nSPS) is 10.8. The number of benzene rings is 1. The predicted octanol–water partition coefficient (Wildman–Crippen LogP) is 0.677. The van der Waals surface area contributed by atoms with Crippen LogP contribution < -0.4 is 17.1 Å². The van der Waals surface area contributed by atoms with Crippen molar-refractivity contribution in [3.8, 4) is 11.3 Å². The van der Waals surface area contributed by atoms with Crippen molar-refractivity contribution in [2.24, 2.45) is 28.7 Å². The van der Waals surface area contributed by atoms with Crippen molar-refractivity contribution < 1.29 is 0 Å². The Balaban J connectivity index is 2.17. The van der Waals surface area contributed by atoms with Crippen LogP contribution in [0.25, 0.3) is 11.3 Å². The number of nitrogens with zero attached hydrogens (tertiary/aromatic N) is 4. The van der Waals surface area contributed by atoms with Crippen LogP contribution in [0.1, 0.15) is 11.3 Å². The Hall–Kier alpha value is -2.96. The smallest absolute Gasteiger partial charge is 0.222 e. The van der Waals surface area contributed by atoms with Crippen molar-refractivity contribution in [1.29, 1.82) is 5.41 Å². The number of nitrogens with two attached hydrogens (primary N) is 2. The molecule has 0 saturated heterocycles. The van der Waals surface area contributed by atoms with Crippen molar-refractivity contribution in [2.45, 2.75) is 13.3 Å². The van der Waals surface area contributed by atoms with Gasteiger partial charge in [-0.15, -0.1) is 5.10 Å². The van der Waals surface area contributed by atoms with Crippen LogP contribution in [0.2, 0.25) is 0 Å². The molecular weight excluding hydrogens is 278 g/mol. The summed E-state index contributed by atoms with van der Waals surface area (Å²) in [7, 11) is 1.83. The number of guanidine groups is 1. The lowest BCUT2D eigenvalue weighted by Crippen LogP contribution is -2.22. The molecule has 7 nitrogen and oxygen atoms in total. The topological polar surface area (TPSA) is 118 Å². The van der Waals surface area contributed by atoms with Gasteiger partial charge in [0.1, 0.15) is 0 Å². The maximum Gasteiger partial charge on any atom is 0.222 e. The van der Waals surface area contributed by atoms with Crippen molar-refractivity contribution in [2.75, 3.05) is 0 Å². The number of aromatic nitrogens is 2. The molecule has 22 heavy (non-hydrogen) atoms. The Morgan fingerprint density at radius 3 is 2.59 bits per heavy atom. The third-order valence-corrected chi connectivity index (χ3v) is 3.25. The van der Waals surface area contributed by atoms with E-state index in [0.29, 0.717) is 6.42 Å². The van der Waals surface area contributed by atoms with Crippen LogP contribution in [0, 0.1) is 12.3 Å². The van der Waals surface area contributed by atoms with E-state index < -0.39 is 0 Å². The van der Waals surface area contributed by atoms with Gasteiger partial charge >= 0.3 is 0 Å². The van der Waals surface area contributed by atoms with Crippen LogP contribution in [0.15, 0.2) is 40.5 Å². The molecule has 2 aromatic rings. The molecule has 0 amide bonds. The zero-order chi connectivity index (χ0) is 16.1. The molecule has 1 aromatic carbocycles. The first-order valence-corrected chi connectivity index (χ1v) is 6.76. The Morgan fingerprint density at radius 1 is 1.32 bits per heavy atom. The van der Waals surface area contributed by atoms with Crippen molar-refractivity contribution >= 4 is 12.2 Å². The van der Waals surface area contributed by atoms with E-state index in [4.69, 9.17) is 16.9 Å². The highest BCUT2D eigenvalue weighted by Crippen LogP contribution is 2.17. The van der Waals surface area contributed by atoms with Crippen LogP contribution in [-0.4, -0.2) is 21.7 Å². The molecule has 1 heterocycles. The lowest BCUT2D eigenvalue weighted by Gasteiger charge is -2.07. The zero-order valence-electron chi connectivity index (χ0n) is 12.6. The number of nitrogens with one attached hydrogen (secondary N) is 1. The average Bonchev–Trinajstić information content (AvgIpc) is 2.49. The Bertz CT molecular complexity index is 765. The molecule has 1 aromatic heterocycles. The molecule has 0 atom stereocenters. The molecule has 114 valence electrons. The summed E-state index contributed by atoms with van der Waals surface area (Å²) in [5, 5.41) is 15.1. The van der Waals surface area contributed by atoms with E-state index in [-0.39, 0.29) is 11.6 Å². The van der Waals surface area contributed by atoms with E-state index in [9.17, 15) is 0 Å². The summed E-state index contributed by atoms with van der Waals surface area (Å²) in [5.74, 6) is -0.0588. The first-order valence-electron chi connectivity index (χ1n) is 6.76. The molecule has 0 aliphatic heterocycles. The fourth-order valence-electron chi connectivity index (χ4n) is 1.90. The summed E-state index contributed by atoms with van der Waals surface area (Å²) in [4.78, 5) is 4.29. The molecule has 0 aliphatic rings. The summed E-state index contributed by atoms with van der Waals surface area (Å²) in [6.45, 7) is 1.96. The van der Waals surface area contributed by atoms with Gasteiger partial charge < -0.3 is 16.0 Å². The molecule has 0 aliphatic carbocycles. The van der Waals surface area contributed by atoms with Gasteiger partial charge in [0.05, 0.1) is 5.69 Å². The largest absolute Gasteiger partial charge is 0.369 e. The van der Waals surface area contributed by atoms with E-state index in [1.165, 1.54) is 0 Å². The molecule has 2 rings (SSSR count). The van der Waals surface area contributed by atoms with E-state index in [1.54, 1.807) is 10.8 Å². The van der Waals surface area contributed by atoms with Crippen LogP contribution in [-0.2, 0) is 13.5 Å². The van der Waals surface area contributed by atoms with Gasteiger partial charge in [0.25, 0.3) is 0 Å². The minimum atomic E-state index is -0.0588. The third kappa shape index (κ3) is 3.78. The standard InChI is InChI=1S/C15H19N7/c1-10-9-13(20-15(18)22(10)2)12-5-3-11(4-6-12)7-8-19-21-14(16)17/h3-6,8-9,18H,7H2,1-2H3,(H4,16,17,21). The van der Waals surface area contributed by atoms with E-state index in [1.807, 2.05) is 44.3 Å². The SMILES string of the molecule is Cc1cc(-c2ccc(CC=NN=C(N)N)cc2)nc(=N)n1C. The van der Waals surface area contributed by atoms with Crippen molar-refractivity contribution in [3.63, 3.8) is 0 Å². The third-order valence-electron chi connectivity index (χ3n) is 3.25. The molecule has 0 bridgehead atoms. The summed E-state index contributed by atoms with van der Waals surface area (Å²) in [5.41, 5.74) is 14.4. The monoisotopic (exact) mass is 297 g/mol.